The molecule has 112 valence electrons. The molecule has 1 heterocycles. The first-order valence-corrected chi connectivity index (χ1v) is 7.27. The Morgan fingerprint density at radius 3 is 2.57 bits per heavy atom. The standard InChI is InChI=1S/C16H17ClF2N2/c1-2-7-21-15(9-11-6-8-20-10-12(11)17)16-13(18)4-3-5-14(16)19/h3-6,8,10,15,21H,2,7,9H2,1H3. The number of hydrogen-bond acceptors (Lipinski definition) is 2. The molecule has 2 rings (SSSR count). The van der Waals surface area contributed by atoms with Gasteiger partial charge in [0.25, 0.3) is 0 Å². The van der Waals surface area contributed by atoms with Crippen molar-refractivity contribution in [3.8, 4) is 0 Å². The predicted octanol–water partition coefficient (Wildman–Crippen LogP) is 4.30. The van der Waals surface area contributed by atoms with Crippen molar-refractivity contribution in [3.63, 3.8) is 0 Å². The topological polar surface area (TPSA) is 24.9 Å². The van der Waals surface area contributed by atoms with Crippen LogP contribution in [0.1, 0.15) is 30.5 Å². The molecule has 0 saturated heterocycles. The van der Waals surface area contributed by atoms with E-state index in [0.717, 1.165) is 12.0 Å². The van der Waals surface area contributed by atoms with Gasteiger partial charge in [-0.15, -0.1) is 0 Å². The van der Waals surface area contributed by atoms with E-state index in [1.54, 1.807) is 12.3 Å². The van der Waals surface area contributed by atoms with E-state index >= 15 is 0 Å². The van der Waals surface area contributed by atoms with E-state index < -0.39 is 17.7 Å². The van der Waals surface area contributed by atoms with Gasteiger partial charge in [-0.05, 0) is 43.1 Å². The number of rotatable bonds is 6. The molecule has 1 unspecified atom stereocenters. The Morgan fingerprint density at radius 2 is 1.95 bits per heavy atom. The molecule has 0 aliphatic carbocycles. The maximum atomic E-state index is 14.0. The highest BCUT2D eigenvalue weighted by molar-refractivity contribution is 6.31. The van der Waals surface area contributed by atoms with Gasteiger partial charge in [0.05, 0.1) is 5.02 Å². The highest BCUT2D eigenvalue weighted by Crippen LogP contribution is 2.26. The third kappa shape index (κ3) is 3.99. The maximum Gasteiger partial charge on any atom is 0.130 e. The van der Waals surface area contributed by atoms with Gasteiger partial charge in [-0.2, -0.15) is 0 Å². The highest BCUT2D eigenvalue weighted by Gasteiger charge is 2.20. The minimum absolute atomic E-state index is 0.0545. The Labute approximate surface area is 128 Å². The molecule has 0 fully saturated rings. The van der Waals surface area contributed by atoms with Crippen LogP contribution in [0.25, 0.3) is 0 Å². The van der Waals surface area contributed by atoms with Gasteiger partial charge in [-0.3, -0.25) is 4.98 Å². The van der Waals surface area contributed by atoms with Crippen LogP contribution >= 0.6 is 11.6 Å². The second kappa shape index (κ2) is 7.48. The number of hydrogen-bond donors (Lipinski definition) is 1. The van der Waals surface area contributed by atoms with Gasteiger partial charge in [0.1, 0.15) is 11.6 Å². The molecule has 1 aromatic heterocycles. The van der Waals surface area contributed by atoms with Crippen LogP contribution in [0.15, 0.2) is 36.7 Å². The zero-order chi connectivity index (χ0) is 15.2. The third-order valence-corrected chi connectivity index (χ3v) is 3.61. The van der Waals surface area contributed by atoms with Crippen molar-refractivity contribution in [2.24, 2.45) is 0 Å². The van der Waals surface area contributed by atoms with Crippen LogP contribution in [0, 0.1) is 11.6 Å². The first-order valence-electron chi connectivity index (χ1n) is 6.89. The van der Waals surface area contributed by atoms with E-state index in [0.29, 0.717) is 18.0 Å². The Balaban J connectivity index is 2.32. The van der Waals surface area contributed by atoms with E-state index in [1.165, 1.54) is 24.4 Å². The lowest BCUT2D eigenvalue weighted by atomic mass is 9.98. The largest absolute Gasteiger partial charge is 0.309 e. The number of halogens is 3. The Hall–Kier alpha value is -1.52. The first kappa shape index (κ1) is 15.9. The van der Waals surface area contributed by atoms with E-state index in [2.05, 4.69) is 10.3 Å². The highest BCUT2D eigenvalue weighted by atomic mass is 35.5. The second-order valence-corrected chi connectivity index (χ2v) is 5.22. The van der Waals surface area contributed by atoms with Gasteiger partial charge in [0.2, 0.25) is 0 Å². The molecule has 1 atom stereocenters. The van der Waals surface area contributed by atoms with Gasteiger partial charge in [-0.1, -0.05) is 24.6 Å². The van der Waals surface area contributed by atoms with Crippen molar-refractivity contribution in [1.29, 1.82) is 0 Å². The van der Waals surface area contributed by atoms with Crippen LogP contribution in [0.2, 0.25) is 5.02 Å². The molecule has 0 bridgehead atoms. The lowest BCUT2D eigenvalue weighted by Crippen LogP contribution is -2.26. The summed E-state index contributed by atoms with van der Waals surface area (Å²) in [5, 5.41) is 3.68. The number of aromatic nitrogens is 1. The summed E-state index contributed by atoms with van der Waals surface area (Å²) < 4.78 is 28.0. The molecule has 5 heteroatoms. The first-order chi connectivity index (χ1) is 10.1. The molecule has 21 heavy (non-hydrogen) atoms. The maximum absolute atomic E-state index is 14.0. The van der Waals surface area contributed by atoms with Crippen molar-refractivity contribution in [2.45, 2.75) is 25.8 Å². The van der Waals surface area contributed by atoms with Crippen LogP contribution in [-0.2, 0) is 6.42 Å². The van der Waals surface area contributed by atoms with E-state index in [-0.39, 0.29) is 5.56 Å². The summed E-state index contributed by atoms with van der Waals surface area (Å²) in [6.45, 7) is 2.67. The van der Waals surface area contributed by atoms with Crippen LogP contribution < -0.4 is 5.32 Å². The SMILES string of the molecule is CCCNC(Cc1ccncc1Cl)c1c(F)cccc1F. The molecule has 0 aliphatic rings. The lowest BCUT2D eigenvalue weighted by molar-refractivity contribution is 0.464. The van der Waals surface area contributed by atoms with Crippen LogP contribution in [0.4, 0.5) is 8.78 Å². The van der Waals surface area contributed by atoms with Crippen LogP contribution in [0.5, 0.6) is 0 Å². The normalized spacial score (nSPS) is 12.4. The van der Waals surface area contributed by atoms with Gasteiger partial charge < -0.3 is 5.32 Å². The van der Waals surface area contributed by atoms with Gasteiger partial charge in [0, 0.05) is 24.0 Å². The number of nitrogens with zero attached hydrogens (tertiary/aromatic N) is 1. The summed E-state index contributed by atoms with van der Waals surface area (Å²) in [5.41, 5.74) is 0.863. The third-order valence-electron chi connectivity index (χ3n) is 3.27. The molecule has 0 saturated carbocycles. The summed E-state index contributed by atoms with van der Waals surface area (Å²) in [7, 11) is 0. The van der Waals surface area contributed by atoms with Gasteiger partial charge >= 0.3 is 0 Å². The van der Waals surface area contributed by atoms with Crippen molar-refractivity contribution in [3.05, 3.63) is 64.4 Å². The van der Waals surface area contributed by atoms with Crippen LogP contribution in [-0.4, -0.2) is 11.5 Å². The monoisotopic (exact) mass is 310 g/mol. The molecule has 0 radical (unpaired) electrons. The molecule has 1 N–H and O–H groups in total. The van der Waals surface area contributed by atoms with E-state index in [1.807, 2.05) is 6.92 Å². The minimum atomic E-state index is -0.547. The second-order valence-electron chi connectivity index (χ2n) is 4.81. The van der Waals surface area contributed by atoms with Gasteiger partial charge in [0.15, 0.2) is 0 Å². The molecule has 0 spiro atoms. The quantitative estimate of drug-likeness (QED) is 0.860. The van der Waals surface area contributed by atoms with E-state index in [4.69, 9.17) is 11.6 Å². The number of pyridine rings is 1. The molecular weight excluding hydrogens is 294 g/mol. The Kier molecular flexibility index (Phi) is 5.65. The van der Waals surface area contributed by atoms with Crippen LogP contribution in [0.3, 0.4) is 0 Å². The summed E-state index contributed by atoms with van der Waals surface area (Å²) >= 11 is 6.09. The number of benzene rings is 1. The zero-order valence-electron chi connectivity index (χ0n) is 11.7. The lowest BCUT2D eigenvalue weighted by Gasteiger charge is -2.20. The van der Waals surface area contributed by atoms with Gasteiger partial charge in [-0.25, -0.2) is 8.78 Å². The molecule has 2 nitrogen and oxygen atoms in total. The molecule has 2 aromatic rings. The van der Waals surface area contributed by atoms with Crippen molar-refractivity contribution in [1.82, 2.24) is 10.3 Å². The predicted molar refractivity (Wildman–Crippen MR) is 80.3 cm³/mol. The van der Waals surface area contributed by atoms with Crippen molar-refractivity contribution in [2.75, 3.05) is 6.54 Å². The molecule has 0 aliphatic heterocycles. The molecule has 0 amide bonds. The number of nitrogens with one attached hydrogen (secondary N) is 1. The fourth-order valence-corrected chi connectivity index (χ4v) is 2.42. The summed E-state index contributed by atoms with van der Waals surface area (Å²) in [6.07, 6.45) is 4.43. The summed E-state index contributed by atoms with van der Waals surface area (Å²) in [5.74, 6) is -1.09. The molecular formula is C16H17ClF2N2. The smallest absolute Gasteiger partial charge is 0.130 e. The van der Waals surface area contributed by atoms with Crippen molar-refractivity contribution < 1.29 is 8.78 Å². The minimum Gasteiger partial charge on any atom is -0.309 e. The summed E-state index contributed by atoms with van der Waals surface area (Å²) in [6, 6.07) is 5.21. The van der Waals surface area contributed by atoms with E-state index in [9.17, 15) is 8.78 Å². The van der Waals surface area contributed by atoms with Crippen molar-refractivity contribution >= 4 is 11.6 Å². The summed E-state index contributed by atoms with van der Waals surface area (Å²) in [4.78, 5) is 3.92. The average Bonchev–Trinajstić information content (AvgIpc) is 2.46. The Morgan fingerprint density at radius 1 is 1.24 bits per heavy atom. The fraction of sp³-hybridized carbons (Fsp3) is 0.312. The molecule has 1 aromatic carbocycles. The zero-order valence-corrected chi connectivity index (χ0v) is 12.5. The average molecular weight is 311 g/mol. The Bertz CT molecular complexity index is 584. The fourth-order valence-electron chi connectivity index (χ4n) is 2.23.